The van der Waals surface area contributed by atoms with Gasteiger partial charge in [0, 0.05) is 74.2 Å². The Kier molecular flexibility index (Phi) is 33.1. The molecule has 15 nitrogen and oxygen atoms in total. The lowest BCUT2D eigenvalue weighted by Gasteiger charge is -2.22. The third-order valence-corrected chi connectivity index (χ3v) is 14.7. The summed E-state index contributed by atoms with van der Waals surface area (Å²) in [5.41, 5.74) is 13.3. The maximum atomic E-state index is 12.4. The van der Waals surface area contributed by atoms with E-state index in [1.807, 2.05) is 140 Å². The molecule has 0 saturated carbocycles. The quantitative estimate of drug-likeness (QED) is 0.0421. The fourth-order valence-electron chi connectivity index (χ4n) is 9.99. The second kappa shape index (κ2) is 42.3. The van der Waals surface area contributed by atoms with Gasteiger partial charge in [0.15, 0.2) is 16.3 Å². The number of alkyl halides is 1. The zero-order valence-corrected chi connectivity index (χ0v) is 53.2. The monoisotopic (exact) mass is 1330 g/mol. The molecule has 0 aliphatic carbocycles. The number of para-hydroxylation sites is 3. The minimum Gasteiger partial charge on any atom is -0.491 e. The number of rotatable bonds is 29. The fourth-order valence-corrected chi connectivity index (χ4v) is 9.99. The van der Waals surface area contributed by atoms with Crippen molar-refractivity contribution in [1.29, 1.82) is 0 Å². The van der Waals surface area contributed by atoms with E-state index in [-0.39, 0.29) is 38.6 Å². The molecule has 3 aromatic heterocycles. The van der Waals surface area contributed by atoms with Gasteiger partial charge in [0.1, 0.15) is 71.1 Å². The molecule has 0 atom stereocenters. The zero-order valence-electron chi connectivity index (χ0n) is 53.2. The highest BCUT2D eigenvalue weighted by Gasteiger charge is 2.12. The Balaban J connectivity index is 0.000000231. The number of hydrogen-bond acceptors (Lipinski definition) is 15. The maximum absolute atomic E-state index is 12.4. The van der Waals surface area contributed by atoms with Gasteiger partial charge in [-0.15, -0.1) is 0 Å². The summed E-state index contributed by atoms with van der Waals surface area (Å²) in [4.78, 5) is 39.2. The van der Waals surface area contributed by atoms with E-state index in [1.54, 1.807) is 36.4 Å². The molecule has 12 rings (SSSR count). The van der Waals surface area contributed by atoms with Crippen LogP contribution in [0.1, 0.15) is 39.0 Å². The Morgan fingerprint density at radius 1 is 0.367 bits per heavy atom. The van der Waals surface area contributed by atoms with Gasteiger partial charge >= 0.3 is 0 Å². The second-order valence-electron chi connectivity index (χ2n) is 21.5. The first kappa shape index (κ1) is 76.7. The summed E-state index contributed by atoms with van der Waals surface area (Å²) in [6.07, 6.45) is 0. The van der Waals surface area contributed by atoms with Gasteiger partial charge < -0.3 is 52.7 Å². The number of hydrogen-bond donors (Lipinski definition) is 2. The highest BCUT2D eigenvalue weighted by molar-refractivity contribution is 5.80. The molecule has 98 heavy (non-hydrogen) atoms. The van der Waals surface area contributed by atoms with E-state index in [9.17, 15) is 18.8 Å². The van der Waals surface area contributed by atoms with Gasteiger partial charge in [-0.1, -0.05) is 150 Å². The Morgan fingerprint density at radius 3 is 1.04 bits per heavy atom. The van der Waals surface area contributed by atoms with Crippen molar-refractivity contribution < 1.29 is 46.1 Å². The topological polar surface area (TPSA) is 187 Å². The summed E-state index contributed by atoms with van der Waals surface area (Å²) in [6.45, 7) is 9.43. The van der Waals surface area contributed by atoms with E-state index in [0.29, 0.717) is 123 Å². The van der Waals surface area contributed by atoms with Crippen molar-refractivity contribution in [3.63, 3.8) is 0 Å². The molecule has 0 bridgehead atoms. The third kappa shape index (κ3) is 24.1. The summed E-state index contributed by atoms with van der Waals surface area (Å²) >= 11 is 0. The molecule has 0 amide bonds. The van der Waals surface area contributed by atoms with E-state index in [2.05, 4.69) is 70.9 Å². The van der Waals surface area contributed by atoms with Crippen LogP contribution in [0, 0.1) is 0 Å². The largest absolute Gasteiger partial charge is 0.491 e. The van der Waals surface area contributed by atoms with Crippen LogP contribution in [0.2, 0.25) is 0 Å². The highest BCUT2D eigenvalue weighted by atomic mass is 19.1. The van der Waals surface area contributed by atoms with Gasteiger partial charge in [0.05, 0.1) is 63.0 Å². The molecule has 0 radical (unpaired) electrons. The Hall–Kier alpha value is -10.3. The average Bonchev–Trinajstić information content (AvgIpc) is 0.821. The molecule has 0 aliphatic heterocycles. The van der Waals surface area contributed by atoms with Crippen molar-refractivity contribution in [3.8, 4) is 51.2 Å². The molecule has 3 heterocycles. The number of halogens is 1. The zero-order chi connectivity index (χ0) is 66.1. The van der Waals surface area contributed by atoms with Crippen LogP contribution in [0.15, 0.2) is 282 Å². The Morgan fingerprint density at radius 2 is 0.684 bits per heavy atom. The highest BCUT2D eigenvalue weighted by Crippen LogP contribution is 2.28. The molecule has 9 aromatic carbocycles. The van der Waals surface area contributed by atoms with E-state index in [0.717, 1.165) is 66.7 Å². The first-order valence-electron chi connectivity index (χ1n) is 31.5. The van der Waals surface area contributed by atoms with Crippen molar-refractivity contribution in [1.82, 2.24) is 10.2 Å². The predicted molar refractivity (Wildman–Crippen MR) is 394 cm³/mol. The first-order chi connectivity index (χ1) is 46.8. The molecular formula is C82H90FN3O12. The third-order valence-electron chi connectivity index (χ3n) is 14.7. The summed E-state index contributed by atoms with van der Waals surface area (Å²) in [7, 11) is 0.500. The van der Waals surface area contributed by atoms with Crippen LogP contribution in [0.4, 0.5) is 4.39 Å². The van der Waals surface area contributed by atoms with Crippen LogP contribution >= 0.6 is 0 Å². The summed E-state index contributed by atoms with van der Waals surface area (Å²) in [6, 6.07) is 80.1. The smallest absolute Gasteiger partial charge is 0.193 e. The SMILES string of the molecule is C.C.C.CF.NCCOCCOc1ccc(-c2cc(=O)c3ccccc3o2)cc1.O=c1cc(-c2ccc(OCCOCCN(Cc3ccccc3)Cc3ccccc3)cc2)oc2ccccc12.O=c1cc(-c2ccc(OCCOCCNCc3ccccc3)cc2)oc2ccccc12. The molecule has 0 saturated heterocycles. The number of benzene rings is 9. The van der Waals surface area contributed by atoms with Crippen molar-refractivity contribution in [3.05, 3.63) is 302 Å². The Bertz CT molecular complexity index is 4340. The molecule has 0 spiro atoms. The molecule has 0 aliphatic rings. The van der Waals surface area contributed by atoms with Crippen LogP contribution in [0.5, 0.6) is 17.2 Å². The molecular weight excluding hydrogens is 1240 g/mol. The maximum Gasteiger partial charge on any atom is 0.193 e. The second-order valence-corrected chi connectivity index (χ2v) is 21.5. The molecule has 512 valence electrons. The molecule has 0 fully saturated rings. The van der Waals surface area contributed by atoms with Crippen LogP contribution in [-0.4, -0.2) is 91.2 Å². The summed E-state index contributed by atoms with van der Waals surface area (Å²) in [5, 5.41) is 5.10. The summed E-state index contributed by atoms with van der Waals surface area (Å²) in [5.74, 6) is 3.85. The van der Waals surface area contributed by atoms with E-state index < -0.39 is 0 Å². The molecule has 16 heteroatoms. The number of fused-ring (bicyclic) bond motifs is 3. The van der Waals surface area contributed by atoms with Gasteiger partial charge in [-0.2, -0.15) is 0 Å². The van der Waals surface area contributed by atoms with Crippen molar-refractivity contribution in [2.45, 2.75) is 41.9 Å². The van der Waals surface area contributed by atoms with E-state index in [1.165, 1.54) is 34.9 Å². The molecule has 0 unspecified atom stereocenters. The van der Waals surface area contributed by atoms with Gasteiger partial charge in [-0.05, 0) is 126 Å². The minimum absolute atomic E-state index is 0. The number of nitrogens with one attached hydrogen (secondary N) is 1. The fraction of sp³-hybridized carbons (Fsp3) is 0.232. The standard InChI is InChI=1S/C33H31NO4.C26H25NO4.C19H19NO4.CH3F.3CH4/c35-31-23-33(38-32-14-8-7-13-30(31)32)28-15-17-29(18-16-28)37-22-21-36-20-19-34(24-26-9-3-1-4-10-26)25-27-11-5-2-6-12-27;28-24-18-26(31-25-9-5-4-8-23(24)25)21-10-12-22(13-11-21)30-17-16-29-15-14-27-19-20-6-2-1-3-7-20;20-9-10-22-11-12-23-15-7-5-14(6-8-15)19-13-17(21)16-3-1-2-4-18(16)24-19;1-2;;;/h1-18,23H,19-22,24-25H2;1-13,18,27H,14-17,19H2;1-8,13H,9-12,20H2;1H3;3*1H4. The first-order valence-corrected chi connectivity index (χ1v) is 31.5. The Labute approximate surface area is 573 Å². The van der Waals surface area contributed by atoms with Crippen LogP contribution in [0.25, 0.3) is 66.9 Å². The minimum atomic E-state index is -0.0516. The lowest BCUT2D eigenvalue weighted by Crippen LogP contribution is -2.27. The predicted octanol–water partition coefficient (Wildman–Crippen LogP) is 16.5. The lowest BCUT2D eigenvalue weighted by atomic mass is 10.1. The molecule has 12 aromatic rings. The molecule has 3 N–H and O–H groups in total. The summed E-state index contributed by atoms with van der Waals surface area (Å²) < 4.78 is 61.0. The van der Waals surface area contributed by atoms with Crippen molar-refractivity contribution in [2.75, 3.05) is 86.3 Å². The van der Waals surface area contributed by atoms with E-state index in [4.69, 9.17) is 47.4 Å². The lowest BCUT2D eigenvalue weighted by molar-refractivity contribution is 0.0760. The van der Waals surface area contributed by atoms with Gasteiger partial charge in [0.2, 0.25) is 0 Å². The average molecular weight is 1330 g/mol. The van der Waals surface area contributed by atoms with Gasteiger partial charge in [-0.25, -0.2) is 0 Å². The van der Waals surface area contributed by atoms with Crippen molar-refractivity contribution in [2.24, 2.45) is 5.73 Å². The van der Waals surface area contributed by atoms with Crippen LogP contribution in [-0.2, 0) is 33.8 Å². The van der Waals surface area contributed by atoms with Crippen molar-refractivity contribution >= 4 is 32.9 Å². The normalized spacial score (nSPS) is 10.5. The van der Waals surface area contributed by atoms with Gasteiger partial charge in [0.25, 0.3) is 0 Å². The number of nitrogens with two attached hydrogens (primary N) is 1. The van der Waals surface area contributed by atoms with E-state index >= 15 is 0 Å². The van der Waals surface area contributed by atoms with Crippen LogP contribution in [0.3, 0.4) is 0 Å². The number of nitrogens with zero attached hydrogens (tertiary/aromatic N) is 1. The van der Waals surface area contributed by atoms with Crippen LogP contribution < -0.4 is 41.5 Å². The van der Waals surface area contributed by atoms with Gasteiger partial charge in [-0.3, -0.25) is 23.7 Å². The number of ether oxygens (including phenoxy) is 6.